The third kappa shape index (κ3) is 4.45. The van der Waals surface area contributed by atoms with Crippen LogP contribution in [0.3, 0.4) is 0 Å². The number of rotatable bonds is 6. The van der Waals surface area contributed by atoms with E-state index >= 15 is 0 Å². The number of aromatic nitrogens is 2. The minimum Gasteiger partial charge on any atom is -0.478 e. The highest BCUT2D eigenvalue weighted by Gasteiger charge is 1.92. The molecule has 0 saturated heterocycles. The van der Waals surface area contributed by atoms with Crippen LogP contribution >= 0.6 is 0 Å². The van der Waals surface area contributed by atoms with E-state index in [1.807, 2.05) is 0 Å². The molecule has 0 saturated carbocycles. The van der Waals surface area contributed by atoms with Crippen LogP contribution in [0.15, 0.2) is 18.6 Å². The molecule has 0 fully saturated rings. The monoisotopic (exact) mass is 180 g/mol. The van der Waals surface area contributed by atoms with Crippen molar-refractivity contribution in [2.24, 2.45) is 0 Å². The first-order chi connectivity index (χ1) is 6.43. The van der Waals surface area contributed by atoms with Gasteiger partial charge < -0.3 is 4.74 Å². The van der Waals surface area contributed by atoms with Gasteiger partial charge in [0.1, 0.15) is 6.33 Å². The van der Waals surface area contributed by atoms with Gasteiger partial charge in [-0.25, -0.2) is 9.97 Å². The Morgan fingerprint density at radius 2 is 2.23 bits per heavy atom. The summed E-state index contributed by atoms with van der Waals surface area (Å²) in [5, 5.41) is 0. The summed E-state index contributed by atoms with van der Waals surface area (Å²) >= 11 is 0. The fourth-order valence-corrected chi connectivity index (χ4v) is 1.07. The van der Waals surface area contributed by atoms with E-state index in [1.54, 1.807) is 12.3 Å². The van der Waals surface area contributed by atoms with Gasteiger partial charge in [0.15, 0.2) is 0 Å². The number of nitrogens with zero attached hydrogens (tertiary/aromatic N) is 2. The zero-order valence-electron chi connectivity index (χ0n) is 8.07. The van der Waals surface area contributed by atoms with E-state index in [0.29, 0.717) is 5.88 Å². The van der Waals surface area contributed by atoms with Crippen LogP contribution in [0.25, 0.3) is 0 Å². The molecule has 0 aliphatic heterocycles. The molecule has 0 radical (unpaired) electrons. The molecule has 72 valence electrons. The van der Waals surface area contributed by atoms with E-state index in [9.17, 15) is 0 Å². The van der Waals surface area contributed by atoms with Crippen LogP contribution in [0.1, 0.15) is 32.6 Å². The lowest BCUT2D eigenvalue weighted by atomic mass is 10.2. The zero-order valence-corrected chi connectivity index (χ0v) is 8.07. The Hall–Kier alpha value is -1.12. The van der Waals surface area contributed by atoms with Crippen molar-refractivity contribution < 1.29 is 4.74 Å². The molecule has 0 bridgehead atoms. The second kappa shape index (κ2) is 6.40. The molecule has 3 nitrogen and oxygen atoms in total. The SMILES string of the molecule is CCCCCCOc1ccncn1. The maximum Gasteiger partial charge on any atom is 0.216 e. The third-order valence-electron chi connectivity index (χ3n) is 1.80. The summed E-state index contributed by atoms with van der Waals surface area (Å²) in [4.78, 5) is 7.78. The number of hydrogen-bond donors (Lipinski definition) is 0. The molecule has 0 unspecified atom stereocenters. The van der Waals surface area contributed by atoms with E-state index in [2.05, 4.69) is 16.9 Å². The van der Waals surface area contributed by atoms with Gasteiger partial charge in [0.2, 0.25) is 5.88 Å². The van der Waals surface area contributed by atoms with Crippen molar-refractivity contribution >= 4 is 0 Å². The number of hydrogen-bond acceptors (Lipinski definition) is 3. The van der Waals surface area contributed by atoms with Gasteiger partial charge in [-0.15, -0.1) is 0 Å². The van der Waals surface area contributed by atoms with Gasteiger partial charge in [-0.1, -0.05) is 26.2 Å². The van der Waals surface area contributed by atoms with Crippen LogP contribution < -0.4 is 4.74 Å². The lowest BCUT2D eigenvalue weighted by Crippen LogP contribution is -1.98. The Bertz CT molecular complexity index is 213. The van der Waals surface area contributed by atoms with Gasteiger partial charge in [0.25, 0.3) is 0 Å². The lowest BCUT2D eigenvalue weighted by molar-refractivity contribution is 0.293. The van der Waals surface area contributed by atoms with E-state index in [1.165, 1.54) is 25.6 Å². The molecule has 0 aliphatic carbocycles. The van der Waals surface area contributed by atoms with Crippen LogP contribution in [0.2, 0.25) is 0 Å². The van der Waals surface area contributed by atoms with Gasteiger partial charge in [-0.3, -0.25) is 0 Å². The topological polar surface area (TPSA) is 35.0 Å². The average molecular weight is 180 g/mol. The summed E-state index contributed by atoms with van der Waals surface area (Å²) in [7, 11) is 0. The molecule has 1 rings (SSSR count). The first kappa shape index (κ1) is 9.96. The summed E-state index contributed by atoms with van der Waals surface area (Å²) in [5.74, 6) is 0.673. The quantitative estimate of drug-likeness (QED) is 0.631. The highest BCUT2D eigenvalue weighted by molar-refractivity contribution is 5.03. The highest BCUT2D eigenvalue weighted by atomic mass is 16.5. The van der Waals surface area contributed by atoms with Crippen molar-refractivity contribution in [3.63, 3.8) is 0 Å². The Morgan fingerprint density at radius 3 is 2.92 bits per heavy atom. The molecule has 0 aromatic carbocycles. The van der Waals surface area contributed by atoms with Crippen molar-refractivity contribution in [2.45, 2.75) is 32.6 Å². The van der Waals surface area contributed by atoms with Crippen molar-refractivity contribution in [1.82, 2.24) is 9.97 Å². The molecule has 13 heavy (non-hydrogen) atoms. The van der Waals surface area contributed by atoms with Crippen molar-refractivity contribution in [3.8, 4) is 5.88 Å². The Kier molecular flexibility index (Phi) is 4.91. The summed E-state index contributed by atoms with van der Waals surface area (Å²) in [5.41, 5.74) is 0. The molecule has 1 aromatic heterocycles. The molecular weight excluding hydrogens is 164 g/mol. The molecule has 0 atom stereocenters. The predicted molar refractivity (Wildman–Crippen MR) is 51.7 cm³/mol. The van der Waals surface area contributed by atoms with Crippen molar-refractivity contribution in [1.29, 1.82) is 0 Å². The summed E-state index contributed by atoms with van der Waals surface area (Å²) in [6, 6.07) is 1.78. The third-order valence-corrected chi connectivity index (χ3v) is 1.80. The second-order valence-electron chi connectivity index (χ2n) is 2.96. The lowest BCUT2D eigenvalue weighted by Gasteiger charge is -2.03. The molecule has 0 N–H and O–H groups in total. The molecule has 0 spiro atoms. The molecule has 0 aliphatic rings. The van der Waals surface area contributed by atoms with Gasteiger partial charge in [0.05, 0.1) is 6.61 Å². The normalized spacial score (nSPS) is 9.92. The smallest absolute Gasteiger partial charge is 0.216 e. The average Bonchev–Trinajstić information content (AvgIpc) is 2.19. The summed E-state index contributed by atoms with van der Waals surface area (Å²) < 4.78 is 5.40. The van der Waals surface area contributed by atoms with Crippen molar-refractivity contribution in [3.05, 3.63) is 18.6 Å². The van der Waals surface area contributed by atoms with Gasteiger partial charge in [-0.05, 0) is 6.42 Å². The Labute approximate surface area is 79.2 Å². The molecule has 1 aromatic rings. The highest BCUT2D eigenvalue weighted by Crippen LogP contribution is 2.04. The van der Waals surface area contributed by atoms with Crippen molar-refractivity contribution in [2.75, 3.05) is 6.61 Å². The van der Waals surface area contributed by atoms with Gasteiger partial charge in [-0.2, -0.15) is 0 Å². The minimum atomic E-state index is 0.673. The molecule has 3 heteroatoms. The van der Waals surface area contributed by atoms with E-state index < -0.39 is 0 Å². The number of ether oxygens (including phenoxy) is 1. The van der Waals surface area contributed by atoms with Gasteiger partial charge in [0, 0.05) is 12.3 Å². The van der Waals surface area contributed by atoms with Crippen LogP contribution in [0.4, 0.5) is 0 Å². The van der Waals surface area contributed by atoms with E-state index in [4.69, 9.17) is 4.74 Å². The van der Waals surface area contributed by atoms with E-state index in [-0.39, 0.29) is 0 Å². The van der Waals surface area contributed by atoms with Crippen LogP contribution in [0.5, 0.6) is 5.88 Å². The fraction of sp³-hybridized carbons (Fsp3) is 0.600. The second-order valence-corrected chi connectivity index (χ2v) is 2.96. The Balaban J connectivity index is 2.07. The first-order valence-corrected chi connectivity index (χ1v) is 4.82. The Morgan fingerprint density at radius 1 is 1.31 bits per heavy atom. The maximum atomic E-state index is 5.40. The zero-order chi connectivity index (χ0) is 9.36. The predicted octanol–water partition coefficient (Wildman–Crippen LogP) is 2.44. The number of unbranched alkanes of at least 4 members (excludes halogenated alkanes) is 3. The molecule has 0 amide bonds. The standard InChI is InChI=1S/C10H16N2O/c1-2-3-4-5-8-13-10-6-7-11-9-12-10/h6-7,9H,2-5,8H2,1H3. The fourth-order valence-electron chi connectivity index (χ4n) is 1.07. The first-order valence-electron chi connectivity index (χ1n) is 4.82. The van der Waals surface area contributed by atoms with Crippen LogP contribution in [-0.4, -0.2) is 16.6 Å². The minimum absolute atomic E-state index is 0.673. The van der Waals surface area contributed by atoms with E-state index in [0.717, 1.165) is 13.0 Å². The summed E-state index contributed by atoms with van der Waals surface area (Å²) in [6.45, 7) is 2.96. The molecular formula is C10H16N2O. The van der Waals surface area contributed by atoms with Crippen LogP contribution in [0, 0.1) is 0 Å². The maximum absolute atomic E-state index is 5.40. The summed E-state index contributed by atoms with van der Waals surface area (Å²) in [6.07, 6.45) is 8.08. The molecule has 1 heterocycles. The van der Waals surface area contributed by atoms with Crippen LogP contribution in [-0.2, 0) is 0 Å². The largest absolute Gasteiger partial charge is 0.478 e. The van der Waals surface area contributed by atoms with Gasteiger partial charge >= 0.3 is 0 Å².